The summed E-state index contributed by atoms with van der Waals surface area (Å²) in [6, 6.07) is 1.51. The van der Waals surface area contributed by atoms with Crippen molar-refractivity contribution in [3.63, 3.8) is 0 Å². The van der Waals surface area contributed by atoms with Gasteiger partial charge in [-0.3, -0.25) is 4.90 Å². The second-order valence-corrected chi connectivity index (χ2v) is 7.34. The van der Waals surface area contributed by atoms with Crippen LogP contribution in [0.5, 0.6) is 0 Å². The number of likely N-dealkylation sites (N-methyl/N-ethyl adjacent to an activating group) is 1. The number of hydrogen-bond donors (Lipinski definition) is 2. The fourth-order valence-corrected chi connectivity index (χ4v) is 4.51. The summed E-state index contributed by atoms with van der Waals surface area (Å²) in [4.78, 5) is 2.84. The molecule has 0 aliphatic carbocycles. The van der Waals surface area contributed by atoms with E-state index >= 15 is 0 Å². The zero-order valence-corrected chi connectivity index (χ0v) is 13.0. The van der Waals surface area contributed by atoms with E-state index in [9.17, 15) is 8.42 Å². The summed E-state index contributed by atoms with van der Waals surface area (Å²) in [6.45, 7) is 5.24. The minimum Gasteiger partial charge on any atom is -0.391 e. The summed E-state index contributed by atoms with van der Waals surface area (Å²) in [5.41, 5.74) is 0. The Morgan fingerprint density at radius 1 is 1.60 bits per heavy atom. The first kappa shape index (κ1) is 15.9. The number of nitrogens with one attached hydrogen (secondary N) is 1. The van der Waals surface area contributed by atoms with Crippen LogP contribution in [0.3, 0.4) is 0 Å². The highest BCUT2D eigenvalue weighted by Gasteiger charge is 2.24. The first-order chi connectivity index (χ1) is 9.56. The van der Waals surface area contributed by atoms with E-state index in [2.05, 4.69) is 16.5 Å². The van der Waals surface area contributed by atoms with Gasteiger partial charge in [-0.25, -0.2) is 13.1 Å². The minimum atomic E-state index is -3.58. The van der Waals surface area contributed by atoms with Gasteiger partial charge in [0.05, 0.1) is 24.2 Å². The fourth-order valence-electron chi connectivity index (χ4n) is 2.16. The molecule has 6 nitrogen and oxygen atoms in total. The average molecular weight is 320 g/mol. The Bertz CT molecular complexity index is 529. The van der Waals surface area contributed by atoms with Gasteiger partial charge in [0.15, 0.2) is 0 Å². The number of rotatable bonds is 6. The first-order valence-electron chi connectivity index (χ1n) is 6.57. The number of morpholine rings is 1. The number of sulfonamides is 1. The van der Waals surface area contributed by atoms with Gasteiger partial charge in [-0.2, -0.15) is 0 Å². The van der Waals surface area contributed by atoms with Crippen LogP contribution >= 0.6 is 11.3 Å². The zero-order valence-electron chi connectivity index (χ0n) is 11.4. The van der Waals surface area contributed by atoms with Gasteiger partial charge >= 0.3 is 0 Å². The number of ether oxygens (including phenoxy) is 1. The van der Waals surface area contributed by atoms with Gasteiger partial charge in [-0.15, -0.1) is 11.3 Å². The fraction of sp³-hybridized carbons (Fsp3) is 0.667. The second kappa shape index (κ2) is 6.97. The largest absolute Gasteiger partial charge is 0.391 e. The van der Waals surface area contributed by atoms with Crippen LogP contribution in [0.1, 0.15) is 11.8 Å². The summed E-state index contributed by atoms with van der Waals surface area (Å²) >= 11 is 1.23. The molecule has 0 aromatic carbocycles. The van der Waals surface area contributed by atoms with E-state index in [1.807, 2.05) is 0 Å². The van der Waals surface area contributed by atoms with E-state index in [0.717, 1.165) is 19.6 Å². The Hall–Kier alpha value is -0.510. The number of thiophene rings is 1. The molecule has 0 radical (unpaired) electrons. The minimum absolute atomic E-state index is 0.130. The Labute approximate surface area is 123 Å². The monoisotopic (exact) mass is 320 g/mol. The highest BCUT2D eigenvalue weighted by Crippen LogP contribution is 2.21. The van der Waals surface area contributed by atoms with Crippen molar-refractivity contribution >= 4 is 21.4 Å². The lowest BCUT2D eigenvalue weighted by molar-refractivity contribution is -0.0229. The van der Waals surface area contributed by atoms with E-state index in [0.29, 0.717) is 11.5 Å². The number of aliphatic hydroxyl groups excluding tert-OH is 1. The molecule has 0 bridgehead atoms. The van der Waals surface area contributed by atoms with Crippen LogP contribution in [0.4, 0.5) is 0 Å². The number of hydrogen-bond acceptors (Lipinski definition) is 6. The van der Waals surface area contributed by atoms with Gasteiger partial charge < -0.3 is 9.84 Å². The van der Waals surface area contributed by atoms with Crippen molar-refractivity contribution in [2.75, 3.05) is 32.8 Å². The lowest BCUT2D eigenvalue weighted by Gasteiger charge is -2.32. The van der Waals surface area contributed by atoms with Crippen LogP contribution in [-0.2, 0) is 21.4 Å². The van der Waals surface area contributed by atoms with Crippen LogP contribution < -0.4 is 4.72 Å². The molecule has 8 heteroatoms. The molecule has 1 saturated heterocycles. The van der Waals surface area contributed by atoms with Crippen molar-refractivity contribution in [2.24, 2.45) is 0 Å². The van der Waals surface area contributed by atoms with Crippen LogP contribution in [0.25, 0.3) is 0 Å². The van der Waals surface area contributed by atoms with Crippen molar-refractivity contribution < 1.29 is 18.3 Å². The summed E-state index contributed by atoms with van der Waals surface area (Å²) in [5, 5.41) is 10.8. The van der Waals surface area contributed by atoms with Crippen LogP contribution in [0, 0.1) is 0 Å². The summed E-state index contributed by atoms with van der Waals surface area (Å²) < 4.78 is 32.5. The van der Waals surface area contributed by atoms with Crippen LogP contribution in [0.2, 0.25) is 0 Å². The molecule has 0 amide bonds. The maximum absolute atomic E-state index is 12.2. The molecule has 1 aromatic heterocycles. The van der Waals surface area contributed by atoms with Crippen molar-refractivity contribution in [1.29, 1.82) is 0 Å². The van der Waals surface area contributed by atoms with Gasteiger partial charge in [0.25, 0.3) is 0 Å². The van der Waals surface area contributed by atoms with Crippen molar-refractivity contribution in [3.8, 4) is 0 Å². The molecule has 1 unspecified atom stereocenters. The zero-order chi connectivity index (χ0) is 14.6. The highest BCUT2D eigenvalue weighted by atomic mass is 32.2. The smallest absolute Gasteiger partial charge is 0.241 e. The van der Waals surface area contributed by atoms with E-state index in [-0.39, 0.29) is 24.2 Å². The molecule has 2 heterocycles. The van der Waals surface area contributed by atoms with Crippen molar-refractivity contribution in [2.45, 2.75) is 24.5 Å². The highest BCUT2D eigenvalue weighted by molar-refractivity contribution is 7.89. The van der Waals surface area contributed by atoms with Gasteiger partial charge in [-0.1, -0.05) is 6.92 Å². The Balaban J connectivity index is 1.96. The lowest BCUT2D eigenvalue weighted by Crippen LogP contribution is -2.47. The van der Waals surface area contributed by atoms with E-state index < -0.39 is 10.0 Å². The maximum atomic E-state index is 12.2. The van der Waals surface area contributed by atoms with E-state index in [1.54, 1.807) is 5.38 Å². The third kappa shape index (κ3) is 3.78. The predicted molar refractivity (Wildman–Crippen MR) is 77.3 cm³/mol. The molecule has 114 valence electrons. The average Bonchev–Trinajstić information content (AvgIpc) is 2.95. The standard InChI is InChI=1S/C12H20N2O4S2/c1-2-14-4-5-18-10(8-14)7-13-20(16,17)12-3-6-19-11(12)9-15/h3,6,10,13,15H,2,4-5,7-9H2,1H3. The normalized spacial score (nSPS) is 21.2. The number of aliphatic hydroxyl groups is 1. The van der Waals surface area contributed by atoms with Crippen molar-refractivity contribution in [3.05, 3.63) is 16.3 Å². The summed E-state index contributed by atoms with van der Waals surface area (Å²) in [6.07, 6.45) is -0.130. The molecule has 1 fully saturated rings. The quantitative estimate of drug-likeness (QED) is 0.785. The third-order valence-corrected chi connectivity index (χ3v) is 5.85. The molecule has 0 saturated carbocycles. The third-order valence-electron chi connectivity index (χ3n) is 3.31. The topological polar surface area (TPSA) is 78.9 Å². The maximum Gasteiger partial charge on any atom is 0.241 e. The van der Waals surface area contributed by atoms with E-state index in [1.165, 1.54) is 17.4 Å². The molecule has 2 rings (SSSR count). The van der Waals surface area contributed by atoms with Crippen LogP contribution in [0.15, 0.2) is 16.3 Å². The second-order valence-electron chi connectivity index (χ2n) is 4.60. The van der Waals surface area contributed by atoms with Gasteiger partial charge in [-0.05, 0) is 18.0 Å². The molecule has 1 aromatic rings. The van der Waals surface area contributed by atoms with E-state index in [4.69, 9.17) is 9.84 Å². The Morgan fingerprint density at radius 3 is 3.10 bits per heavy atom. The SMILES string of the molecule is CCN1CCOC(CNS(=O)(=O)c2ccsc2CO)C1. The molecule has 1 atom stereocenters. The molecule has 1 aliphatic heterocycles. The molecule has 20 heavy (non-hydrogen) atoms. The Morgan fingerprint density at radius 2 is 2.40 bits per heavy atom. The molecular formula is C12H20N2O4S2. The van der Waals surface area contributed by atoms with Gasteiger partial charge in [0.2, 0.25) is 10.0 Å². The summed E-state index contributed by atoms with van der Waals surface area (Å²) in [5.74, 6) is 0. The first-order valence-corrected chi connectivity index (χ1v) is 8.94. The van der Waals surface area contributed by atoms with Gasteiger partial charge in [0.1, 0.15) is 0 Å². The Kier molecular flexibility index (Phi) is 5.53. The van der Waals surface area contributed by atoms with Gasteiger partial charge in [0, 0.05) is 24.5 Å². The number of nitrogens with zero attached hydrogens (tertiary/aromatic N) is 1. The van der Waals surface area contributed by atoms with Crippen LogP contribution in [-0.4, -0.2) is 57.3 Å². The molecular weight excluding hydrogens is 300 g/mol. The molecule has 1 aliphatic rings. The molecule has 0 spiro atoms. The predicted octanol–water partition coefficient (Wildman–Crippen LogP) is 0.239. The lowest BCUT2D eigenvalue weighted by atomic mass is 10.3. The summed E-state index contributed by atoms with van der Waals surface area (Å²) in [7, 11) is -3.58. The van der Waals surface area contributed by atoms with Crippen molar-refractivity contribution in [1.82, 2.24) is 9.62 Å². The molecule has 2 N–H and O–H groups in total.